The van der Waals surface area contributed by atoms with Crippen LogP contribution in [0.25, 0.3) is 4.85 Å². The molecule has 0 unspecified atom stereocenters. The molecule has 0 atom stereocenters. The first-order valence-electron chi connectivity index (χ1n) is 8.70. The molecule has 2 aliphatic rings. The SMILES string of the molecule is [C-]#[N+]c1ccc2c(c1)N1c3ccccc3Oc3cccc(c31)N2C(C)C. The highest BCUT2D eigenvalue weighted by Gasteiger charge is 2.36. The number of nitrogens with zero attached hydrogens (tertiary/aromatic N) is 3. The van der Waals surface area contributed by atoms with E-state index in [1.165, 1.54) is 0 Å². The average Bonchev–Trinajstić information content (AvgIpc) is 2.67. The van der Waals surface area contributed by atoms with E-state index in [4.69, 9.17) is 11.3 Å². The predicted molar refractivity (Wildman–Crippen MR) is 105 cm³/mol. The summed E-state index contributed by atoms with van der Waals surface area (Å²) >= 11 is 0. The smallest absolute Gasteiger partial charge is 0.189 e. The lowest BCUT2D eigenvalue weighted by molar-refractivity contribution is 0.476. The van der Waals surface area contributed by atoms with E-state index in [2.05, 4.69) is 46.7 Å². The molecule has 0 radical (unpaired) electrons. The van der Waals surface area contributed by atoms with Crippen LogP contribution in [-0.4, -0.2) is 6.04 Å². The molecule has 0 saturated carbocycles. The zero-order valence-electron chi connectivity index (χ0n) is 14.6. The van der Waals surface area contributed by atoms with Crippen LogP contribution in [0.4, 0.5) is 34.1 Å². The van der Waals surface area contributed by atoms with Crippen LogP contribution in [0.1, 0.15) is 13.8 Å². The van der Waals surface area contributed by atoms with Gasteiger partial charge in [-0.1, -0.05) is 24.3 Å². The number of rotatable bonds is 1. The van der Waals surface area contributed by atoms with E-state index in [-0.39, 0.29) is 6.04 Å². The molecular formula is C22H17N3O. The maximum atomic E-state index is 7.43. The molecule has 3 aromatic rings. The molecule has 3 aromatic carbocycles. The molecule has 4 heteroatoms. The van der Waals surface area contributed by atoms with Crippen molar-refractivity contribution in [1.29, 1.82) is 0 Å². The molecule has 0 bridgehead atoms. The second-order valence-electron chi connectivity index (χ2n) is 6.78. The second kappa shape index (κ2) is 5.27. The van der Waals surface area contributed by atoms with Crippen molar-refractivity contribution < 1.29 is 4.74 Å². The summed E-state index contributed by atoms with van der Waals surface area (Å²) in [5.41, 5.74) is 5.91. The number of benzene rings is 3. The van der Waals surface area contributed by atoms with Gasteiger partial charge in [0.1, 0.15) is 5.69 Å². The fourth-order valence-corrected chi connectivity index (χ4v) is 3.88. The van der Waals surface area contributed by atoms with Crippen molar-refractivity contribution in [3.8, 4) is 11.5 Å². The monoisotopic (exact) mass is 339 g/mol. The molecule has 0 aliphatic carbocycles. The molecule has 0 N–H and O–H groups in total. The van der Waals surface area contributed by atoms with Gasteiger partial charge in [0, 0.05) is 6.04 Å². The molecule has 0 spiro atoms. The third kappa shape index (κ3) is 1.89. The van der Waals surface area contributed by atoms with E-state index >= 15 is 0 Å². The largest absolute Gasteiger partial charge is 0.453 e. The highest BCUT2D eigenvalue weighted by molar-refractivity contribution is 6.03. The fourth-order valence-electron chi connectivity index (χ4n) is 3.88. The van der Waals surface area contributed by atoms with Crippen LogP contribution in [0.2, 0.25) is 0 Å². The van der Waals surface area contributed by atoms with Crippen LogP contribution in [-0.2, 0) is 0 Å². The summed E-state index contributed by atoms with van der Waals surface area (Å²) in [6.45, 7) is 11.8. The lowest BCUT2D eigenvalue weighted by Crippen LogP contribution is -2.33. The minimum atomic E-state index is 0.276. The van der Waals surface area contributed by atoms with Crippen LogP contribution in [0.3, 0.4) is 0 Å². The standard InChI is InChI=1S/C22H17N3O/c1-14(2)24-16-12-11-15(23-3)13-19(16)25-17-7-4-5-9-20(17)26-21-10-6-8-18(24)22(21)25/h4-14H,1-2H3. The maximum Gasteiger partial charge on any atom is 0.189 e. The Morgan fingerprint density at radius 3 is 2.42 bits per heavy atom. The van der Waals surface area contributed by atoms with Crippen molar-refractivity contribution in [3.63, 3.8) is 0 Å². The van der Waals surface area contributed by atoms with Crippen molar-refractivity contribution in [2.24, 2.45) is 0 Å². The van der Waals surface area contributed by atoms with Crippen LogP contribution in [0.15, 0.2) is 60.7 Å². The fraction of sp³-hybridized carbons (Fsp3) is 0.136. The molecule has 4 nitrogen and oxygen atoms in total. The Balaban J connectivity index is 1.88. The van der Waals surface area contributed by atoms with E-state index in [1.807, 2.05) is 42.5 Å². The number of anilines is 5. The van der Waals surface area contributed by atoms with Crippen LogP contribution in [0.5, 0.6) is 11.5 Å². The Morgan fingerprint density at radius 2 is 1.62 bits per heavy atom. The van der Waals surface area contributed by atoms with Crippen molar-refractivity contribution in [2.45, 2.75) is 19.9 Å². The zero-order chi connectivity index (χ0) is 17.8. The molecule has 126 valence electrons. The lowest BCUT2D eigenvalue weighted by atomic mass is 10.0. The minimum absolute atomic E-state index is 0.276. The molecular weight excluding hydrogens is 322 g/mol. The normalized spacial score (nSPS) is 13.5. The summed E-state index contributed by atoms with van der Waals surface area (Å²) in [6, 6.07) is 20.4. The summed E-state index contributed by atoms with van der Waals surface area (Å²) in [4.78, 5) is 8.19. The first-order chi connectivity index (χ1) is 12.7. The Morgan fingerprint density at radius 1 is 0.846 bits per heavy atom. The average molecular weight is 339 g/mol. The summed E-state index contributed by atoms with van der Waals surface area (Å²) in [5, 5.41) is 0. The van der Waals surface area contributed by atoms with Gasteiger partial charge in [0.05, 0.1) is 29.3 Å². The Hall–Kier alpha value is -3.45. The van der Waals surface area contributed by atoms with Crippen LogP contribution < -0.4 is 14.5 Å². The molecule has 26 heavy (non-hydrogen) atoms. The summed E-state index contributed by atoms with van der Waals surface area (Å²) in [6.07, 6.45) is 0. The van der Waals surface area contributed by atoms with Crippen LogP contribution >= 0.6 is 0 Å². The summed E-state index contributed by atoms with van der Waals surface area (Å²) < 4.78 is 6.20. The first kappa shape index (κ1) is 14.9. The third-order valence-corrected chi connectivity index (χ3v) is 4.89. The lowest BCUT2D eigenvalue weighted by Gasteiger charge is -2.44. The van der Waals surface area contributed by atoms with Crippen molar-refractivity contribution in [1.82, 2.24) is 0 Å². The van der Waals surface area contributed by atoms with E-state index < -0.39 is 0 Å². The van der Waals surface area contributed by atoms with Gasteiger partial charge >= 0.3 is 0 Å². The van der Waals surface area contributed by atoms with Gasteiger partial charge in [0.25, 0.3) is 0 Å². The van der Waals surface area contributed by atoms with E-state index in [0.717, 1.165) is 39.9 Å². The van der Waals surface area contributed by atoms with Gasteiger partial charge in [-0.05, 0) is 50.2 Å². The van der Waals surface area contributed by atoms with E-state index in [1.54, 1.807) is 0 Å². The quantitative estimate of drug-likeness (QED) is 0.361. The number of ether oxygens (including phenoxy) is 1. The Labute approximate surface area is 152 Å². The topological polar surface area (TPSA) is 20.1 Å². The highest BCUT2D eigenvalue weighted by atomic mass is 16.5. The predicted octanol–water partition coefficient (Wildman–Crippen LogP) is 6.67. The van der Waals surface area contributed by atoms with Gasteiger partial charge in [-0.2, -0.15) is 0 Å². The number of hydrogen-bond acceptors (Lipinski definition) is 3. The molecule has 2 aliphatic heterocycles. The molecule has 0 aromatic heterocycles. The molecule has 0 saturated heterocycles. The summed E-state index contributed by atoms with van der Waals surface area (Å²) in [5.74, 6) is 1.67. The molecule has 0 fully saturated rings. The van der Waals surface area contributed by atoms with Crippen molar-refractivity contribution in [3.05, 3.63) is 72.1 Å². The highest BCUT2D eigenvalue weighted by Crippen LogP contribution is 2.60. The number of fused-ring (bicyclic) bond motifs is 4. The molecule has 5 rings (SSSR count). The summed E-state index contributed by atoms with van der Waals surface area (Å²) in [7, 11) is 0. The van der Waals surface area contributed by atoms with Gasteiger partial charge < -0.3 is 14.5 Å². The van der Waals surface area contributed by atoms with Gasteiger partial charge in [-0.25, -0.2) is 4.85 Å². The Bertz CT molecular complexity index is 1080. The van der Waals surface area contributed by atoms with Crippen LogP contribution in [0, 0.1) is 6.57 Å². The third-order valence-electron chi connectivity index (χ3n) is 4.89. The van der Waals surface area contributed by atoms with Crippen molar-refractivity contribution >= 4 is 34.1 Å². The minimum Gasteiger partial charge on any atom is -0.453 e. The van der Waals surface area contributed by atoms with Gasteiger partial charge in [0.2, 0.25) is 0 Å². The first-order valence-corrected chi connectivity index (χ1v) is 8.70. The zero-order valence-corrected chi connectivity index (χ0v) is 14.6. The van der Waals surface area contributed by atoms with Gasteiger partial charge in [-0.15, -0.1) is 0 Å². The van der Waals surface area contributed by atoms with Gasteiger partial charge in [-0.3, -0.25) is 0 Å². The molecule has 0 amide bonds. The van der Waals surface area contributed by atoms with Gasteiger partial charge in [0.15, 0.2) is 17.2 Å². The number of para-hydroxylation sites is 3. The maximum absolute atomic E-state index is 7.43. The van der Waals surface area contributed by atoms with E-state index in [9.17, 15) is 0 Å². The Kier molecular flexibility index (Phi) is 3.01. The van der Waals surface area contributed by atoms with Crippen molar-refractivity contribution in [2.75, 3.05) is 9.80 Å². The van der Waals surface area contributed by atoms with E-state index in [0.29, 0.717) is 5.69 Å². The molecule has 2 heterocycles. The number of hydrogen-bond donors (Lipinski definition) is 0. The second-order valence-corrected chi connectivity index (χ2v) is 6.78.